The summed E-state index contributed by atoms with van der Waals surface area (Å²) in [7, 11) is 3.73. The predicted octanol–water partition coefficient (Wildman–Crippen LogP) is 2.30. The van der Waals surface area contributed by atoms with Gasteiger partial charge >= 0.3 is 0 Å². The van der Waals surface area contributed by atoms with Gasteiger partial charge < -0.3 is 10.3 Å². The highest BCUT2D eigenvalue weighted by Gasteiger charge is 2.15. The summed E-state index contributed by atoms with van der Waals surface area (Å²) in [6.45, 7) is 0. The van der Waals surface area contributed by atoms with E-state index in [0.29, 0.717) is 5.69 Å². The molecule has 3 aromatic rings. The monoisotopic (exact) mass is 244 g/mol. The molecule has 5 heteroatoms. The lowest BCUT2D eigenvalue weighted by Gasteiger charge is -2.01. The number of rotatable bonds is 1. The van der Waals surface area contributed by atoms with Crippen LogP contribution in [-0.2, 0) is 14.1 Å². The van der Waals surface area contributed by atoms with E-state index in [0.717, 1.165) is 22.2 Å². The minimum atomic E-state index is -0.242. The molecule has 0 aliphatic heterocycles. The second-order valence-electron chi connectivity index (χ2n) is 4.39. The third kappa shape index (κ3) is 1.40. The largest absolute Gasteiger partial charge is 0.396 e. The maximum atomic E-state index is 13.3. The van der Waals surface area contributed by atoms with E-state index in [1.165, 1.54) is 12.1 Å². The number of fused-ring (bicyclic) bond motifs is 1. The fourth-order valence-electron chi connectivity index (χ4n) is 2.33. The van der Waals surface area contributed by atoms with E-state index in [9.17, 15) is 4.39 Å². The Morgan fingerprint density at radius 1 is 1.28 bits per heavy atom. The van der Waals surface area contributed by atoms with Crippen LogP contribution in [0.15, 0.2) is 30.6 Å². The molecule has 0 spiro atoms. The molecule has 0 amide bonds. The number of nitrogens with zero attached hydrogens (tertiary/aromatic N) is 3. The second kappa shape index (κ2) is 3.60. The topological polar surface area (TPSA) is 48.8 Å². The molecule has 4 nitrogen and oxygen atoms in total. The van der Waals surface area contributed by atoms with Crippen LogP contribution in [0.4, 0.5) is 10.1 Å². The summed E-state index contributed by atoms with van der Waals surface area (Å²) in [5.74, 6) is -0.242. The average Bonchev–Trinajstić information content (AvgIpc) is 2.81. The van der Waals surface area contributed by atoms with Gasteiger partial charge in [-0.1, -0.05) is 0 Å². The van der Waals surface area contributed by atoms with Crippen molar-refractivity contribution in [1.82, 2.24) is 14.3 Å². The molecule has 3 rings (SSSR count). The summed E-state index contributed by atoms with van der Waals surface area (Å²) < 4.78 is 16.9. The average molecular weight is 244 g/mol. The van der Waals surface area contributed by atoms with E-state index in [2.05, 4.69) is 5.10 Å². The number of aromatic nitrogens is 3. The summed E-state index contributed by atoms with van der Waals surface area (Å²) >= 11 is 0. The lowest BCUT2D eigenvalue weighted by molar-refractivity contribution is 0.629. The number of hydrogen-bond donors (Lipinski definition) is 1. The molecule has 0 saturated carbocycles. The minimum absolute atomic E-state index is 0.242. The molecule has 92 valence electrons. The molecule has 0 radical (unpaired) electrons. The Labute approximate surface area is 103 Å². The van der Waals surface area contributed by atoms with Gasteiger partial charge in [-0.3, -0.25) is 4.68 Å². The van der Waals surface area contributed by atoms with Gasteiger partial charge in [0.2, 0.25) is 0 Å². The van der Waals surface area contributed by atoms with Crippen molar-refractivity contribution in [2.75, 3.05) is 5.73 Å². The molecule has 2 heterocycles. The number of aryl methyl sites for hydroxylation is 2. The molecule has 18 heavy (non-hydrogen) atoms. The van der Waals surface area contributed by atoms with E-state index in [1.807, 2.05) is 24.9 Å². The SMILES string of the molecule is Cn1ncc(N)c1-c1cn(C)c2cc(F)ccc12. The summed E-state index contributed by atoms with van der Waals surface area (Å²) in [4.78, 5) is 0. The van der Waals surface area contributed by atoms with E-state index in [4.69, 9.17) is 5.73 Å². The summed E-state index contributed by atoms with van der Waals surface area (Å²) in [6, 6.07) is 4.75. The van der Waals surface area contributed by atoms with Crippen LogP contribution >= 0.6 is 0 Å². The van der Waals surface area contributed by atoms with Gasteiger partial charge in [0.1, 0.15) is 5.82 Å². The molecule has 0 unspecified atom stereocenters. The van der Waals surface area contributed by atoms with Gasteiger partial charge in [0.25, 0.3) is 0 Å². The molecule has 0 bridgehead atoms. The van der Waals surface area contributed by atoms with Crippen molar-refractivity contribution in [3.8, 4) is 11.3 Å². The molecule has 2 aromatic heterocycles. The molecule has 0 aliphatic carbocycles. The zero-order valence-corrected chi connectivity index (χ0v) is 10.2. The quantitative estimate of drug-likeness (QED) is 0.714. The van der Waals surface area contributed by atoms with Crippen LogP contribution < -0.4 is 5.73 Å². The van der Waals surface area contributed by atoms with Crippen LogP contribution in [-0.4, -0.2) is 14.3 Å². The number of anilines is 1. The van der Waals surface area contributed by atoms with Gasteiger partial charge in [-0.15, -0.1) is 0 Å². The highest BCUT2D eigenvalue weighted by atomic mass is 19.1. The lowest BCUT2D eigenvalue weighted by Crippen LogP contribution is -1.95. The van der Waals surface area contributed by atoms with Crippen LogP contribution in [0.1, 0.15) is 0 Å². The fourth-order valence-corrected chi connectivity index (χ4v) is 2.33. The third-order valence-corrected chi connectivity index (χ3v) is 3.17. The molecule has 0 atom stereocenters. The Bertz CT molecular complexity index is 719. The highest BCUT2D eigenvalue weighted by Crippen LogP contribution is 2.33. The Morgan fingerprint density at radius 3 is 2.72 bits per heavy atom. The van der Waals surface area contributed by atoms with E-state index in [1.54, 1.807) is 16.9 Å². The smallest absolute Gasteiger partial charge is 0.125 e. The molecule has 0 saturated heterocycles. The summed E-state index contributed by atoms with van der Waals surface area (Å²) in [6.07, 6.45) is 3.56. The van der Waals surface area contributed by atoms with Crippen LogP contribution in [0, 0.1) is 5.82 Å². The Kier molecular flexibility index (Phi) is 2.16. The second-order valence-corrected chi connectivity index (χ2v) is 4.39. The van der Waals surface area contributed by atoms with Crippen LogP contribution in [0.3, 0.4) is 0 Å². The van der Waals surface area contributed by atoms with Crippen molar-refractivity contribution < 1.29 is 4.39 Å². The maximum absolute atomic E-state index is 13.3. The van der Waals surface area contributed by atoms with Crippen molar-refractivity contribution in [2.24, 2.45) is 14.1 Å². The lowest BCUT2D eigenvalue weighted by atomic mass is 10.1. The van der Waals surface area contributed by atoms with Gasteiger partial charge in [-0.25, -0.2) is 4.39 Å². The number of hydrogen-bond acceptors (Lipinski definition) is 2. The summed E-state index contributed by atoms with van der Waals surface area (Å²) in [5, 5.41) is 5.10. The molecular weight excluding hydrogens is 231 g/mol. The normalized spacial score (nSPS) is 11.3. The van der Waals surface area contributed by atoms with E-state index in [-0.39, 0.29) is 5.82 Å². The van der Waals surface area contributed by atoms with Crippen LogP contribution in [0.25, 0.3) is 22.2 Å². The first kappa shape index (κ1) is 10.8. The molecular formula is C13H13FN4. The Balaban J connectivity index is 2.37. The summed E-state index contributed by atoms with van der Waals surface area (Å²) in [5.41, 5.74) is 9.21. The first-order valence-corrected chi connectivity index (χ1v) is 5.60. The van der Waals surface area contributed by atoms with Gasteiger partial charge in [-0.2, -0.15) is 5.10 Å². The third-order valence-electron chi connectivity index (χ3n) is 3.17. The van der Waals surface area contributed by atoms with Crippen LogP contribution in [0.5, 0.6) is 0 Å². The van der Waals surface area contributed by atoms with E-state index < -0.39 is 0 Å². The van der Waals surface area contributed by atoms with Gasteiger partial charge in [0.15, 0.2) is 0 Å². The zero-order valence-electron chi connectivity index (χ0n) is 10.2. The Hall–Kier alpha value is -2.30. The molecule has 0 aliphatic rings. The van der Waals surface area contributed by atoms with Crippen LogP contribution in [0.2, 0.25) is 0 Å². The zero-order chi connectivity index (χ0) is 12.9. The number of nitrogen functional groups attached to an aromatic ring is 1. The van der Waals surface area contributed by atoms with Crippen molar-refractivity contribution in [1.29, 1.82) is 0 Å². The van der Waals surface area contributed by atoms with Gasteiger partial charge in [0, 0.05) is 31.2 Å². The fraction of sp³-hybridized carbons (Fsp3) is 0.154. The number of benzene rings is 1. The minimum Gasteiger partial charge on any atom is -0.396 e. The highest BCUT2D eigenvalue weighted by molar-refractivity contribution is 5.97. The van der Waals surface area contributed by atoms with Crippen molar-refractivity contribution in [3.63, 3.8) is 0 Å². The molecule has 0 fully saturated rings. The van der Waals surface area contributed by atoms with Crippen molar-refractivity contribution in [2.45, 2.75) is 0 Å². The maximum Gasteiger partial charge on any atom is 0.125 e. The molecule has 2 N–H and O–H groups in total. The predicted molar refractivity (Wildman–Crippen MR) is 69.5 cm³/mol. The number of nitrogens with two attached hydrogens (primary N) is 1. The Morgan fingerprint density at radius 2 is 2.06 bits per heavy atom. The van der Waals surface area contributed by atoms with Gasteiger partial charge in [0.05, 0.1) is 23.1 Å². The van der Waals surface area contributed by atoms with E-state index >= 15 is 0 Å². The standard InChI is InChI=1S/C13H13FN4/c1-17-7-10(13-11(15)6-16-18(13)2)9-4-3-8(14)5-12(9)17/h3-7H,15H2,1-2H3. The molecule has 1 aromatic carbocycles. The first-order chi connectivity index (χ1) is 8.58. The first-order valence-electron chi connectivity index (χ1n) is 5.60. The number of halogens is 1. The van der Waals surface area contributed by atoms with Crippen molar-refractivity contribution in [3.05, 3.63) is 36.4 Å². The van der Waals surface area contributed by atoms with Gasteiger partial charge in [-0.05, 0) is 18.2 Å². The van der Waals surface area contributed by atoms with Crippen molar-refractivity contribution >= 4 is 16.6 Å².